The average Bonchev–Trinajstić information content (AvgIpc) is 3.62. The summed E-state index contributed by atoms with van der Waals surface area (Å²) < 4.78 is 5.82. The summed E-state index contributed by atoms with van der Waals surface area (Å²) in [6.07, 6.45) is 2.03. The molecule has 49 heavy (non-hydrogen) atoms. The van der Waals surface area contributed by atoms with Crippen molar-refractivity contribution in [3.63, 3.8) is 0 Å². The molecule has 2 aliphatic heterocycles. The minimum Gasteiger partial charge on any atom is -0.493 e. The van der Waals surface area contributed by atoms with E-state index in [2.05, 4.69) is 35.0 Å². The largest absolute Gasteiger partial charge is 0.493 e. The van der Waals surface area contributed by atoms with Crippen LogP contribution in [0.5, 0.6) is 5.75 Å². The molecule has 1 saturated carbocycles. The van der Waals surface area contributed by atoms with Gasteiger partial charge in [-0.15, -0.1) is 0 Å². The van der Waals surface area contributed by atoms with E-state index in [1.165, 1.54) is 11.9 Å². The fraction of sp³-hybridized carbons (Fsp3) is 0.676. The molecule has 4 rings (SSSR count). The van der Waals surface area contributed by atoms with Crippen LogP contribution in [0.1, 0.15) is 97.3 Å². The van der Waals surface area contributed by atoms with Crippen LogP contribution in [0.4, 0.5) is 0 Å². The lowest BCUT2D eigenvalue weighted by atomic mass is 9.85. The first-order valence-electron chi connectivity index (χ1n) is 17.6. The van der Waals surface area contributed by atoms with E-state index in [1.807, 2.05) is 60.6 Å². The maximum absolute atomic E-state index is 14.6. The van der Waals surface area contributed by atoms with E-state index in [4.69, 9.17) is 9.57 Å². The SMILES string of the molecule is CCC[C@H](NC(=O)[C@@H]1C[C@]2(CC(c3cc(C)c(OCC)c(C)c3)=NO2)CN1C(=O)[C@@H](NC(=O)[C@@H]1C[C@H]1C(C)C)C(C)(C)C)C(=O)C(=O)NC. The molecule has 3 aliphatic rings. The van der Waals surface area contributed by atoms with Crippen molar-refractivity contribution < 1.29 is 33.5 Å². The van der Waals surface area contributed by atoms with Crippen molar-refractivity contribution in [2.24, 2.45) is 28.3 Å². The molecule has 2 heterocycles. The summed E-state index contributed by atoms with van der Waals surface area (Å²) in [7, 11) is 1.36. The maximum atomic E-state index is 14.6. The summed E-state index contributed by atoms with van der Waals surface area (Å²) >= 11 is 0. The van der Waals surface area contributed by atoms with E-state index in [0.717, 1.165) is 28.9 Å². The van der Waals surface area contributed by atoms with Crippen molar-refractivity contribution in [1.29, 1.82) is 0 Å². The van der Waals surface area contributed by atoms with Gasteiger partial charge in [-0.2, -0.15) is 0 Å². The van der Waals surface area contributed by atoms with Gasteiger partial charge in [0.1, 0.15) is 17.8 Å². The fourth-order valence-corrected chi connectivity index (χ4v) is 7.20. The number of hydrogen-bond donors (Lipinski definition) is 3. The average molecular weight is 682 g/mol. The van der Waals surface area contributed by atoms with Crippen molar-refractivity contribution in [3.8, 4) is 5.75 Å². The molecule has 1 saturated heterocycles. The number of aryl methyl sites for hydroxylation is 2. The molecule has 2 fully saturated rings. The summed E-state index contributed by atoms with van der Waals surface area (Å²) in [4.78, 5) is 74.8. The van der Waals surface area contributed by atoms with Gasteiger partial charge >= 0.3 is 0 Å². The highest BCUT2D eigenvalue weighted by atomic mass is 16.7. The lowest BCUT2D eigenvalue weighted by molar-refractivity contribution is -0.145. The van der Waals surface area contributed by atoms with Crippen LogP contribution < -0.4 is 20.7 Å². The second-order valence-corrected chi connectivity index (χ2v) is 15.4. The number of amides is 4. The molecule has 0 radical (unpaired) electrons. The number of carbonyl (C=O) groups is 5. The van der Waals surface area contributed by atoms with E-state index in [0.29, 0.717) is 31.1 Å². The summed E-state index contributed by atoms with van der Waals surface area (Å²) in [5, 5.41) is 12.6. The number of nitrogens with zero attached hydrogens (tertiary/aromatic N) is 2. The molecule has 12 nitrogen and oxygen atoms in total. The number of likely N-dealkylation sites (tertiary alicyclic amines) is 1. The summed E-state index contributed by atoms with van der Waals surface area (Å²) in [5.74, 6) is -1.39. The molecule has 3 N–H and O–H groups in total. The van der Waals surface area contributed by atoms with E-state index in [9.17, 15) is 24.0 Å². The van der Waals surface area contributed by atoms with Gasteiger partial charge in [-0.3, -0.25) is 24.0 Å². The van der Waals surface area contributed by atoms with Crippen molar-refractivity contribution in [1.82, 2.24) is 20.9 Å². The molecular weight excluding hydrogens is 626 g/mol. The van der Waals surface area contributed by atoms with E-state index in [1.54, 1.807) is 0 Å². The van der Waals surface area contributed by atoms with Gasteiger partial charge < -0.3 is 30.4 Å². The van der Waals surface area contributed by atoms with Gasteiger partial charge in [0.15, 0.2) is 5.60 Å². The molecule has 4 amide bonds. The highest BCUT2D eigenvalue weighted by Gasteiger charge is 2.56. The molecule has 1 aromatic carbocycles. The highest BCUT2D eigenvalue weighted by molar-refractivity contribution is 6.38. The number of ketones is 1. The molecule has 6 atom stereocenters. The quantitative estimate of drug-likeness (QED) is 0.269. The topological polar surface area (TPSA) is 156 Å². The number of ether oxygens (including phenoxy) is 1. The van der Waals surface area contributed by atoms with Crippen LogP contribution in [-0.2, 0) is 28.8 Å². The second-order valence-electron chi connectivity index (χ2n) is 15.4. The van der Waals surface area contributed by atoms with Crippen LogP contribution in [0.25, 0.3) is 0 Å². The molecule has 270 valence electrons. The number of rotatable bonds is 13. The molecule has 12 heteroatoms. The Kier molecular flexibility index (Phi) is 11.5. The fourth-order valence-electron chi connectivity index (χ4n) is 7.20. The standard InChI is InChI=1S/C37H55N5O7/c1-11-13-26(29(43)34(46)38-10)39-33(45)28-18-37(17-27(41-49-37)23-14-21(5)30(48-12-2)22(6)15-23)19-42(28)35(47)31(36(7,8)9)40-32(44)25-16-24(25)20(3)4/h14-15,20,24-26,28,31H,11-13,16-19H2,1-10H3,(H,38,46)(H,39,45)(H,40,44)/t24-,25+,26-,28-,31+,37+/m0/s1. The van der Waals surface area contributed by atoms with Crippen molar-refractivity contribution in [2.75, 3.05) is 20.2 Å². The number of carbonyl (C=O) groups excluding carboxylic acids is 5. The van der Waals surface area contributed by atoms with Crippen LogP contribution in [0, 0.1) is 37.0 Å². The minimum absolute atomic E-state index is 0.0498. The van der Waals surface area contributed by atoms with Crippen LogP contribution in [0.15, 0.2) is 17.3 Å². The predicted octanol–water partition coefficient (Wildman–Crippen LogP) is 3.59. The van der Waals surface area contributed by atoms with Gasteiger partial charge in [0.2, 0.25) is 23.5 Å². The van der Waals surface area contributed by atoms with Crippen LogP contribution in [0.2, 0.25) is 0 Å². The Morgan fingerprint density at radius 2 is 1.71 bits per heavy atom. The zero-order valence-corrected chi connectivity index (χ0v) is 30.8. The van der Waals surface area contributed by atoms with Crippen LogP contribution >= 0.6 is 0 Å². The number of benzene rings is 1. The zero-order valence-electron chi connectivity index (χ0n) is 30.8. The zero-order chi connectivity index (χ0) is 36.4. The normalized spacial score (nSPS) is 24.2. The Balaban J connectivity index is 1.65. The Hall–Kier alpha value is -3.96. The van der Waals surface area contributed by atoms with Crippen LogP contribution in [0.3, 0.4) is 0 Å². The smallest absolute Gasteiger partial charge is 0.289 e. The first-order valence-corrected chi connectivity index (χ1v) is 17.6. The summed E-state index contributed by atoms with van der Waals surface area (Å²) in [6, 6.07) is 0.978. The number of oxime groups is 1. The Bertz CT molecular complexity index is 1470. The Morgan fingerprint density at radius 1 is 1.06 bits per heavy atom. The van der Waals surface area contributed by atoms with Crippen molar-refractivity contribution >= 4 is 35.1 Å². The highest BCUT2D eigenvalue weighted by Crippen LogP contribution is 2.45. The molecule has 0 bridgehead atoms. The molecule has 0 aromatic heterocycles. The number of Topliss-reactive ketones (excluding diaryl/α,β-unsaturated/α-hetero) is 1. The lowest BCUT2D eigenvalue weighted by Gasteiger charge is -2.35. The Labute approximate surface area is 290 Å². The number of hydrogen-bond acceptors (Lipinski definition) is 8. The third-order valence-corrected chi connectivity index (χ3v) is 10.0. The van der Waals surface area contributed by atoms with Gasteiger partial charge in [-0.1, -0.05) is 53.1 Å². The van der Waals surface area contributed by atoms with E-state index in [-0.39, 0.29) is 37.1 Å². The molecular formula is C37H55N5O7. The van der Waals surface area contributed by atoms with Gasteiger partial charge in [0.25, 0.3) is 5.91 Å². The van der Waals surface area contributed by atoms with Crippen molar-refractivity contribution in [3.05, 3.63) is 28.8 Å². The number of nitrogens with one attached hydrogen (secondary N) is 3. The van der Waals surface area contributed by atoms with Gasteiger partial charge in [0, 0.05) is 31.4 Å². The first kappa shape index (κ1) is 37.9. The number of likely N-dealkylation sites (N-methyl/N-ethyl adjacent to an activating group) is 1. The summed E-state index contributed by atoms with van der Waals surface area (Å²) in [5.41, 5.74) is 1.79. The van der Waals surface area contributed by atoms with Crippen LogP contribution in [-0.4, -0.2) is 83.9 Å². The molecule has 1 aliphatic carbocycles. The Morgan fingerprint density at radius 3 is 2.24 bits per heavy atom. The third kappa shape index (κ3) is 8.27. The third-order valence-electron chi connectivity index (χ3n) is 10.0. The second kappa shape index (κ2) is 14.9. The van der Waals surface area contributed by atoms with E-state index < -0.39 is 52.6 Å². The van der Waals surface area contributed by atoms with Gasteiger partial charge in [-0.25, -0.2) is 0 Å². The lowest BCUT2D eigenvalue weighted by Crippen LogP contribution is -2.59. The van der Waals surface area contributed by atoms with Gasteiger partial charge in [0.05, 0.1) is 24.9 Å². The summed E-state index contributed by atoms with van der Waals surface area (Å²) in [6.45, 7) is 18.2. The van der Waals surface area contributed by atoms with Gasteiger partial charge in [-0.05, 0) is 74.1 Å². The first-order chi connectivity index (χ1) is 23.0. The van der Waals surface area contributed by atoms with Crippen molar-refractivity contribution in [2.45, 2.75) is 118 Å². The maximum Gasteiger partial charge on any atom is 0.289 e. The molecule has 1 spiro atoms. The predicted molar refractivity (Wildman–Crippen MR) is 186 cm³/mol. The van der Waals surface area contributed by atoms with E-state index >= 15 is 0 Å². The molecule has 0 unspecified atom stereocenters. The monoisotopic (exact) mass is 681 g/mol. The molecule has 1 aromatic rings. The minimum atomic E-state index is -1.06.